The van der Waals surface area contributed by atoms with Crippen molar-refractivity contribution < 1.29 is 18.0 Å². The summed E-state index contributed by atoms with van der Waals surface area (Å²) in [7, 11) is -4.00. The maximum Gasteiger partial charge on any atom is 0.332 e. The number of fused-ring (bicyclic) bond motifs is 2. The Morgan fingerprint density at radius 3 is 2.16 bits per heavy atom. The van der Waals surface area contributed by atoms with Crippen molar-refractivity contribution in [2.75, 3.05) is 11.1 Å². The molecule has 3 N–H and O–H groups in total. The first-order valence-corrected chi connectivity index (χ1v) is 12.3. The third-order valence-electron chi connectivity index (χ3n) is 5.93. The lowest BCUT2D eigenvalue weighted by Gasteiger charge is -2.20. The van der Waals surface area contributed by atoms with Crippen LogP contribution in [0.1, 0.15) is 53.6 Å². The third kappa shape index (κ3) is 4.90. The van der Waals surface area contributed by atoms with Crippen molar-refractivity contribution in [2.24, 2.45) is 0 Å². The number of benzene rings is 2. The van der Waals surface area contributed by atoms with E-state index in [1.54, 1.807) is 24.3 Å². The van der Waals surface area contributed by atoms with Gasteiger partial charge in [0.25, 0.3) is 0 Å². The standard InChI is InChI=1S/C23H27N3O4S/c1-15(27)24-21(16-7-3-2-4-8-16)14-31(29,30)26-23(28)25-22-19-11-5-9-17(19)13-18-10-6-12-20(18)22/h2-4,7-8,13,21H,5-6,9-12,14H2,1H3,(H,24,27)(H2,25,26,28). The molecule has 0 aromatic heterocycles. The Balaban J connectivity index is 1.50. The van der Waals surface area contributed by atoms with Crippen LogP contribution in [0.25, 0.3) is 0 Å². The number of nitrogens with one attached hydrogen (secondary N) is 3. The van der Waals surface area contributed by atoms with Gasteiger partial charge in [0, 0.05) is 12.6 Å². The molecule has 0 saturated heterocycles. The van der Waals surface area contributed by atoms with Crippen molar-refractivity contribution in [1.29, 1.82) is 0 Å². The summed E-state index contributed by atoms with van der Waals surface area (Å²) in [5, 5.41) is 5.49. The van der Waals surface area contributed by atoms with Gasteiger partial charge in [-0.25, -0.2) is 17.9 Å². The minimum absolute atomic E-state index is 0.344. The molecule has 31 heavy (non-hydrogen) atoms. The van der Waals surface area contributed by atoms with E-state index in [0.717, 1.165) is 55.3 Å². The van der Waals surface area contributed by atoms with E-state index in [4.69, 9.17) is 0 Å². The van der Waals surface area contributed by atoms with Crippen molar-refractivity contribution in [1.82, 2.24) is 10.0 Å². The fourth-order valence-corrected chi connectivity index (χ4v) is 5.79. The van der Waals surface area contributed by atoms with E-state index >= 15 is 0 Å². The molecule has 4 rings (SSSR count). The van der Waals surface area contributed by atoms with Crippen LogP contribution in [-0.4, -0.2) is 26.1 Å². The van der Waals surface area contributed by atoms with Crippen LogP contribution in [0.3, 0.4) is 0 Å². The lowest BCUT2D eigenvalue weighted by atomic mass is 9.99. The van der Waals surface area contributed by atoms with Gasteiger partial charge in [0.05, 0.1) is 11.8 Å². The average molecular weight is 442 g/mol. The van der Waals surface area contributed by atoms with Crippen LogP contribution in [0.5, 0.6) is 0 Å². The van der Waals surface area contributed by atoms with Gasteiger partial charge in [-0.15, -0.1) is 0 Å². The van der Waals surface area contributed by atoms with E-state index in [9.17, 15) is 18.0 Å². The molecule has 2 aliphatic carbocycles. The van der Waals surface area contributed by atoms with E-state index in [1.807, 2.05) is 6.07 Å². The number of urea groups is 1. The molecule has 1 atom stereocenters. The highest BCUT2D eigenvalue weighted by molar-refractivity contribution is 7.90. The molecule has 1 unspecified atom stereocenters. The molecule has 2 aliphatic rings. The normalized spacial score (nSPS) is 15.6. The predicted molar refractivity (Wildman–Crippen MR) is 119 cm³/mol. The topological polar surface area (TPSA) is 104 Å². The molecule has 164 valence electrons. The first-order valence-electron chi connectivity index (χ1n) is 10.6. The number of anilines is 1. The molecule has 0 radical (unpaired) electrons. The number of amides is 3. The minimum Gasteiger partial charge on any atom is -0.348 e. The highest BCUT2D eigenvalue weighted by atomic mass is 32.2. The fraction of sp³-hybridized carbons (Fsp3) is 0.391. The molecule has 8 heteroatoms. The molecule has 0 fully saturated rings. The van der Waals surface area contributed by atoms with Gasteiger partial charge in [-0.2, -0.15) is 0 Å². The summed E-state index contributed by atoms with van der Waals surface area (Å²) in [6.07, 6.45) is 5.86. The smallest absolute Gasteiger partial charge is 0.332 e. The third-order valence-corrected chi connectivity index (χ3v) is 7.19. The molecular weight excluding hydrogens is 414 g/mol. The predicted octanol–water partition coefficient (Wildman–Crippen LogP) is 2.99. The van der Waals surface area contributed by atoms with E-state index < -0.39 is 27.8 Å². The van der Waals surface area contributed by atoms with E-state index in [2.05, 4.69) is 21.4 Å². The first kappa shape index (κ1) is 21.4. The summed E-state index contributed by atoms with van der Waals surface area (Å²) in [5.74, 6) is -0.779. The van der Waals surface area contributed by atoms with Gasteiger partial charge in [-0.05, 0) is 66.3 Å². The van der Waals surface area contributed by atoms with Gasteiger partial charge in [-0.3, -0.25) is 4.79 Å². The lowest BCUT2D eigenvalue weighted by Crippen LogP contribution is -2.40. The Morgan fingerprint density at radius 2 is 1.58 bits per heavy atom. The Morgan fingerprint density at radius 1 is 0.968 bits per heavy atom. The van der Waals surface area contributed by atoms with Gasteiger partial charge in [0.1, 0.15) is 0 Å². The van der Waals surface area contributed by atoms with Crippen LogP contribution in [0.4, 0.5) is 10.5 Å². The van der Waals surface area contributed by atoms with Crippen LogP contribution < -0.4 is 15.4 Å². The molecule has 2 aromatic carbocycles. The second-order valence-corrected chi connectivity index (χ2v) is 10.0. The van der Waals surface area contributed by atoms with Crippen molar-refractivity contribution >= 4 is 27.6 Å². The summed E-state index contributed by atoms with van der Waals surface area (Å²) in [5.41, 5.74) is 6.23. The van der Waals surface area contributed by atoms with Gasteiger partial charge in [0.15, 0.2) is 0 Å². The van der Waals surface area contributed by atoms with Crippen LogP contribution in [-0.2, 0) is 40.5 Å². The summed E-state index contributed by atoms with van der Waals surface area (Å²) < 4.78 is 27.6. The lowest BCUT2D eigenvalue weighted by molar-refractivity contribution is -0.119. The fourth-order valence-electron chi connectivity index (χ4n) is 4.66. The maximum atomic E-state index is 12.7. The SMILES string of the molecule is CC(=O)NC(CS(=O)(=O)NC(=O)Nc1c2c(cc3c1CCC3)CCC2)c1ccccc1. The largest absolute Gasteiger partial charge is 0.348 e. The first-order chi connectivity index (χ1) is 14.8. The van der Waals surface area contributed by atoms with Crippen LogP contribution in [0.2, 0.25) is 0 Å². The molecule has 0 heterocycles. The Hall–Kier alpha value is -2.87. The Labute approximate surface area is 182 Å². The van der Waals surface area contributed by atoms with Crippen LogP contribution >= 0.6 is 0 Å². The zero-order valence-electron chi connectivity index (χ0n) is 17.5. The van der Waals surface area contributed by atoms with Crippen molar-refractivity contribution in [3.8, 4) is 0 Å². The number of hydrogen-bond donors (Lipinski definition) is 3. The van der Waals surface area contributed by atoms with Gasteiger partial charge in [-0.1, -0.05) is 36.4 Å². The monoisotopic (exact) mass is 441 g/mol. The van der Waals surface area contributed by atoms with Crippen molar-refractivity contribution in [3.05, 3.63) is 64.2 Å². The van der Waals surface area contributed by atoms with E-state index in [-0.39, 0.29) is 5.91 Å². The van der Waals surface area contributed by atoms with E-state index in [0.29, 0.717) is 5.56 Å². The molecule has 7 nitrogen and oxygen atoms in total. The number of aryl methyl sites for hydroxylation is 2. The number of sulfonamides is 1. The maximum absolute atomic E-state index is 12.7. The summed E-state index contributed by atoms with van der Waals surface area (Å²) in [6.45, 7) is 1.33. The molecule has 0 spiro atoms. The zero-order chi connectivity index (χ0) is 22.0. The Kier molecular flexibility index (Phi) is 6.00. The minimum atomic E-state index is -4.00. The number of rotatable bonds is 6. The molecule has 0 aliphatic heterocycles. The molecule has 2 aromatic rings. The highest BCUT2D eigenvalue weighted by Crippen LogP contribution is 2.38. The average Bonchev–Trinajstić information content (AvgIpc) is 3.36. The van der Waals surface area contributed by atoms with Crippen LogP contribution in [0.15, 0.2) is 36.4 Å². The second kappa shape index (κ2) is 8.70. The van der Waals surface area contributed by atoms with Gasteiger partial charge >= 0.3 is 6.03 Å². The second-order valence-electron chi connectivity index (χ2n) is 8.24. The summed E-state index contributed by atoms with van der Waals surface area (Å²) in [4.78, 5) is 24.3. The summed E-state index contributed by atoms with van der Waals surface area (Å²) in [6, 6.07) is 9.58. The van der Waals surface area contributed by atoms with Gasteiger partial charge < -0.3 is 10.6 Å². The summed E-state index contributed by atoms with van der Waals surface area (Å²) >= 11 is 0. The molecule has 0 saturated carbocycles. The van der Waals surface area contributed by atoms with Crippen LogP contribution in [0, 0.1) is 0 Å². The Bertz CT molecular complexity index is 1080. The highest BCUT2D eigenvalue weighted by Gasteiger charge is 2.27. The van der Waals surface area contributed by atoms with E-state index in [1.165, 1.54) is 18.1 Å². The zero-order valence-corrected chi connectivity index (χ0v) is 18.3. The number of carbonyl (C=O) groups excluding carboxylic acids is 2. The molecule has 0 bridgehead atoms. The van der Waals surface area contributed by atoms with Crippen molar-refractivity contribution in [3.63, 3.8) is 0 Å². The molecular formula is C23H27N3O4S. The number of hydrogen-bond acceptors (Lipinski definition) is 4. The van der Waals surface area contributed by atoms with Gasteiger partial charge in [0.2, 0.25) is 15.9 Å². The quantitative estimate of drug-likeness (QED) is 0.641. The number of carbonyl (C=O) groups is 2. The van der Waals surface area contributed by atoms with Crippen molar-refractivity contribution in [2.45, 2.75) is 51.5 Å². The molecule has 3 amide bonds.